The summed E-state index contributed by atoms with van der Waals surface area (Å²) in [5, 5.41) is 0. The number of aryl methyl sites for hydroxylation is 1. The average molecular weight is 424 g/mol. The number of rotatable bonds is 6. The highest BCUT2D eigenvalue weighted by molar-refractivity contribution is 5.43. The lowest BCUT2D eigenvalue weighted by Crippen LogP contribution is -2.38. The molecule has 1 heterocycles. The van der Waals surface area contributed by atoms with E-state index in [4.69, 9.17) is 9.47 Å². The first kappa shape index (κ1) is 22.1. The van der Waals surface area contributed by atoms with Gasteiger partial charge in [0.2, 0.25) is 0 Å². The summed E-state index contributed by atoms with van der Waals surface area (Å²) in [4.78, 5) is 0. The molecular weight excluding hydrogens is 398 g/mol. The molecule has 1 aromatic carbocycles. The van der Waals surface area contributed by atoms with Crippen molar-refractivity contribution in [3.8, 4) is 11.5 Å². The van der Waals surface area contributed by atoms with Crippen molar-refractivity contribution in [2.24, 2.45) is 11.8 Å². The number of hydrogen-bond acceptors (Lipinski definition) is 2. The highest BCUT2D eigenvalue weighted by atomic mass is 19.4. The van der Waals surface area contributed by atoms with E-state index in [1.807, 2.05) is 0 Å². The summed E-state index contributed by atoms with van der Waals surface area (Å²) in [6.07, 6.45) is -5.35. The summed E-state index contributed by atoms with van der Waals surface area (Å²) >= 11 is 0. The molecule has 0 radical (unpaired) electrons. The maximum absolute atomic E-state index is 14.6. The summed E-state index contributed by atoms with van der Waals surface area (Å²) in [5.74, 6) is -2.53. The van der Waals surface area contributed by atoms with Gasteiger partial charge >= 0.3 is 12.3 Å². The summed E-state index contributed by atoms with van der Waals surface area (Å²) < 4.78 is 91.5. The second kappa shape index (κ2) is 8.64. The Labute approximate surface area is 166 Å². The van der Waals surface area contributed by atoms with Crippen molar-refractivity contribution >= 4 is 0 Å². The zero-order valence-corrected chi connectivity index (χ0v) is 16.3. The number of hydrogen-bond donors (Lipinski definition) is 0. The zero-order chi connectivity index (χ0) is 21.2. The summed E-state index contributed by atoms with van der Waals surface area (Å²) in [7, 11) is 0. The van der Waals surface area contributed by atoms with Crippen LogP contribution in [-0.4, -0.2) is 18.4 Å². The molecule has 1 aromatic rings. The van der Waals surface area contributed by atoms with E-state index in [1.54, 1.807) is 0 Å². The minimum Gasteiger partial charge on any atom is -0.478 e. The van der Waals surface area contributed by atoms with Crippen LogP contribution in [0, 0.1) is 17.7 Å². The lowest BCUT2D eigenvalue weighted by Gasteiger charge is -2.33. The zero-order valence-electron chi connectivity index (χ0n) is 16.3. The molecule has 1 fully saturated rings. The molecule has 1 aliphatic carbocycles. The maximum atomic E-state index is 14.6. The van der Waals surface area contributed by atoms with Crippen molar-refractivity contribution < 1.29 is 35.8 Å². The van der Waals surface area contributed by atoms with Gasteiger partial charge in [0.25, 0.3) is 0 Å². The van der Waals surface area contributed by atoms with Crippen molar-refractivity contribution in [1.29, 1.82) is 0 Å². The molecule has 1 saturated carbocycles. The molecule has 0 bridgehead atoms. The number of ether oxygens (including phenoxy) is 2. The van der Waals surface area contributed by atoms with E-state index in [0.29, 0.717) is 24.8 Å². The van der Waals surface area contributed by atoms with Gasteiger partial charge in [0.1, 0.15) is 5.75 Å². The van der Waals surface area contributed by atoms with Gasteiger partial charge in [-0.05, 0) is 50.5 Å². The van der Waals surface area contributed by atoms with E-state index in [2.05, 4.69) is 6.92 Å². The highest BCUT2D eigenvalue weighted by Gasteiger charge is 2.46. The third-order valence-electron chi connectivity index (χ3n) is 5.94. The van der Waals surface area contributed by atoms with Gasteiger partial charge in [-0.15, -0.1) is 0 Å². The van der Waals surface area contributed by atoms with Crippen LogP contribution in [0.2, 0.25) is 0 Å². The predicted octanol–water partition coefficient (Wildman–Crippen LogP) is 7.05. The molecule has 2 nitrogen and oxygen atoms in total. The number of unbranched alkanes of at least 4 members (excludes halogenated alkanes) is 1. The lowest BCUT2D eigenvalue weighted by molar-refractivity contribution is -0.223. The van der Waals surface area contributed by atoms with Crippen LogP contribution in [0.1, 0.15) is 63.9 Å². The number of halogens is 6. The molecule has 2 aliphatic rings. The Balaban J connectivity index is 1.65. The minimum absolute atomic E-state index is 0.111. The number of alkyl halides is 5. The molecule has 0 N–H and O–H groups in total. The molecule has 0 spiro atoms. The standard InChI is InChI=1S/C21H26F6O2/c1-2-3-4-13-5-8-15(9-6-13)21(26,27)29-16-11-14-7-10-18(20(23,24)25)28-19(14)17(22)12-16/h11-13,15,18H,2-10H2,1H3. The van der Waals surface area contributed by atoms with Gasteiger partial charge in [0.15, 0.2) is 17.7 Å². The third-order valence-corrected chi connectivity index (χ3v) is 5.94. The van der Waals surface area contributed by atoms with Crippen molar-refractivity contribution in [1.82, 2.24) is 0 Å². The van der Waals surface area contributed by atoms with E-state index in [0.717, 1.165) is 38.2 Å². The molecule has 1 atom stereocenters. The van der Waals surface area contributed by atoms with E-state index in [9.17, 15) is 26.3 Å². The van der Waals surface area contributed by atoms with Crippen molar-refractivity contribution in [2.75, 3.05) is 0 Å². The Hall–Kier alpha value is -1.60. The van der Waals surface area contributed by atoms with Crippen LogP contribution in [0.3, 0.4) is 0 Å². The van der Waals surface area contributed by atoms with Gasteiger partial charge in [-0.1, -0.05) is 26.2 Å². The van der Waals surface area contributed by atoms with E-state index in [-0.39, 0.29) is 17.7 Å². The fourth-order valence-corrected chi connectivity index (χ4v) is 4.24. The van der Waals surface area contributed by atoms with Crippen molar-refractivity contribution in [3.63, 3.8) is 0 Å². The Kier molecular flexibility index (Phi) is 6.58. The van der Waals surface area contributed by atoms with Crippen LogP contribution in [-0.2, 0) is 6.42 Å². The molecule has 1 unspecified atom stereocenters. The molecule has 0 saturated heterocycles. The molecule has 8 heteroatoms. The van der Waals surface area contributed by atoms with Gasteiger partial charge in [-0.25, -0.2) is 4.39 Å². The Bertz CT molecular complexity index is 695. The Morgan fingerprint density at radius 1 is 1.03 bits per heavy atom. The molecule has 164 valence electrons. The van der Waals surface area contributed by atoms with Gasteiger partial charge in [0.05, 0.1) is 5.92 Å². The fraction of sp³-hybridized carbons (Fsp3) is 0.714. The summed E-state index contributed by atoms with van der Waals surface area (Å²) in [6.45, 7) is 2.10. The average Bonchev–Trinajstić information content (AvgIpc) is 2.65. The molecule has 1 aliphatic heterocycles. The largest absolute Gasteiger partial charge is 0.478 e. The maximum Gasteiger partial charge on any atom is 0.425 e. The fourth-order valence-electron chi connectivity index (χ4n) is 4.24. The molecule has 29 heavy (non-hydrogen) atoms. The van der Waals surface area contributed by atoms with Crippen LogP contribution in [0.4, 0.5) is 26.3 Å². The molecule has 0 aromatic heterocycles. The number of benzene rings is 1. The Morgan fingerprint density at radius 2 is 1.72 bits per heavy atom. The normalized spacial score (nSPS) is 25.3. The monoisotopic (exact) mass is 424 g/mol. The molecule has 3 rings (SSSR count). The van der Waals surface area contributed by atoms with Crippen LogP contribution in [0.15, 0.2) is 12.1 Å². The van der Waals surface area contributed by atoms with Crippen molar-refractivity contribution in [2.45, 2.75) is 83.1 Å². The Morgan fingerprint density at radius 3 is 2.34 bits per heavy atom. The SMILES string of the molecule is CCCCC1CCC(C(F)(F)Oc2cc(F)c3c(c2)CCC(C(F)(F)F)O3)CC1. The number of fused-ring (bicyclic) bond motifs is 1. The summed E-state index contributed by atoms with van der Waals surface area (Å²) in [6, 6.07) is 1.84. The van der Waals surface area contributed by atoms with Crippen LogP contribution in [0.25, 0.3) is 0 Å². The van der Waals surface area contributed by atoms with E-state index in [1.165, 1.54) is 0 Å². The lowest BCUT2D eigenvalue weighted by atomic mass is 9.79. The first-order valence-corrected chi connectivity index (χ1v) is 10.2. The second-order valence-corrected chi connectivity index (χ2v) is 8.10. The molecule has 0 amide bonds. The first-order valence-electron chi connectivity index (χ1n) is 10.2. The quantitative estimate of drug-likeness (QED) is 0.456. The topological polar surface area (TPSA) is 18.5 Å². The second-order valence-electron chi connectivity index (χ2n) is 8.10. The smallest absolute Gasteiger partial charge is 0.425 e. The van der Waals surface area contributed by atoms with Gasteiger partial charge in [0, 0.05) is 11.6 Å². The third kappa shape index (κ3) is 5.31. The first-order chi connectivity index (χ1) is 13.6. The summed E-state index contributed by atoms with van der Waals surface area (Å²) in [5.41, 5.74) is 0.111. The van der Waals surface area contributed by atoms with E-state index >= 15 is 0 Å². The van der Waals surface area contributed by atoms with Crippen LogP contribution >= 0.6 is 0 Å². The van der Waals surface area contributed by atoms with Gasteiger partial charge in [-0.2, -0.15) is 22.0 Å². The minimum atomic E-state index is -4.61. The molecular formula is C21H26F6O2. The highest BCUT2D eigenvalue weighted by Crippen LogP contribution is 2.43. The van der Waals surface area contributed by atoms with E-state index < -0.39 is 42.3 Å². The van der Waals surface area contributed by atoms with Gasteiger partial charge in [-0.3, -0.25) is 0 Å². The predicted molar refractivity (Wildman–Crippen MR) is 95.7 cm³/mol. The van der Waals surface area contributed by atoms with Crippen LogP contribution < -0.4 is 9.47 Å². The van der Waals surface area contributed by atoms with Crippen molar-refractivity contribution in [3.05, 3.63) is 23.5 Å². The van der Waals surface area contributed by atoms with Crippen LogP contribution in [0.5, 0.6) is 11.5 Å². The van der Waals surface area contributed by atoms with Gasteiger partial charge < -0.3 is 9.47 Å².